The summed E-state index contributed by atoms with van der Waals surface area (Å²) in [7, 11) is 0. The maximum absolute atomic E-state index is 12.4. The maximum atomic E-state index is 12.4. The molecule has 0 saturated carbocycles. The summed E-state index contributed by atoms with van der Waals surface area (Å²) in [5, 5.41) is 6.14. The van der Waals surface area contributed by atoms with Crippen LogP contribution in [0.3, 0.4) is 0 Å². The quantitative estimate of drug-likeness (QED) is 0.868. The van der Waals surface area contributed by atoms with E-state index in [-0.39, 0.29) is 11.9 Å². The SMILES string of the molecule is CCc1ccc(NC(=O)C(C)Nc2ccc3c(c2)OCCCO3)cc1. The van der Waals surface area contributed by atoms with Gasteiger partial charge in [-0.05, 0) is 43.2 Å². The van der Waals surface area contributed by atoms with E-state index in [0.29, 0.717) is 19.0 Å². The van der Waals surface area contributed by atoms with E-state index >= 15 is 0 Å². The van der Waals surface area contributed by atoms with Gasteiger partial charge in [-0.1, -0.05) is 19.1 Å². The van der Waals surface area contributed by atoms with E-state index in [2.05, 4.69) is 17.6 Å². The molecular formula is C20H24N2O3. The van der Waals surface area contributed by atoms with Crippen LogP contribution in [0, 0.1) is 0 Å². The van der Waals surface area contributed by atoms with Gasteiger partial charge in [0.2, 0.25) is 5.91 Å². The average Bonchev–Trinajstić information content (AvgIpc) is 2.87. The Balaban J connectivity index is 1.61. The first kappa shape index (κ1) is 17.1. The molecule has 2 N–H and O–H groups in total. The zero-order valence-corrected chi connectivity index (χ0v) is 14.7. The van der Waals surface area contributed by atoms with Crippen molar-refractivity contribution in [2.24, 2.45) is 0 Å². The van der Waals surface area contributed by atoms with Crippen LogP contribution in [-0.2, 0) is 11.2 Å². The second-order valence-corrected chi connectivity index (χ2v) is 6.12. The molecule has 1 amide bonds. The highest BCUT2D eigenvalue weighted by Gasteiger charge is 2.15. The van der Waals surface area contributed by atoms with E-state index in [4.69, 9.17) is 9.47 Å². The van der Waals surface area contributed by atoms with E-state index in [1.165, 1.54) is 5.56 Å². The third kappa shape index (κ3) is 4.44. The van der Waals surface area contributed by atoms with Crippen molar-refractivity contribution >= 4 is 17.3 Å². The summed E-state index contributed by atoms with van der Waals surface area (Å²) in [6, 6.07) is 13.2. The van der Waals surface area contributed by atoms with Crippen LogP contribution in [0.5, 0.6) is 11.5 Å². The van der Waals surface area contributed by atoms with Crippen LogP contribution in [0.15, 0.2) is 42.5 Å². The Morgan fingerprint density at radius 1 is 1.04 bits per heavy atom. The van der Waals surface area contributed by atoms with Gasteiger partial charge in [0.25, 0.3) is 0 Å². The second kappa shape index (κ2) is 7.92. The maximum Gasteiger partial charge on any atom is 0.246 e. The highest BCUT2D eigenvalue weighted by Crippen LogP contribution is 2.32. The predicted octanol–water partition coefficient (Wildman–Crippen LogP) is 3.85. The zero-order chi connectivity index (χ0) is 17.6. The first-order valence-corrected chi connectivity index (χ1v) is 8.71. The molecule has 132 valence electrons. The largest absolute Gasteiger partial charge is 0.490 e. The van der Waals surface area contributed by atoms with Crippen molar-refractivity contribution in [1.82, 2.24) is 0 Å². The molecular weight excluding hydrogens is 316 g/mol. The number of hydrogen-bond acceptors (Lipinski definition) is 4. The lowest BCUT2D eigenvalue weighted by Crippen LogP contribution is -2.31. The summed E-state index contributed by atoms with van der Waals surface area (Å²) < 4.78 is 11.3. The predicted molar refractivity (Wildman–Crippen MR) is 99.6 cm³/mol. The molecule has 1 atom stereocenters. The highest BCUT2D eigenvalue weighted by molar-refractivity contribution is 5.96. The fourth-order valence-electron chi connectivity index (χ4n) is 2.64. The molecule has 0 aromatic heterocycles. The molecule has 0 saturated heterocycles. The smallest absolute Gasteiger partial charge is 0.246 e. The van der Waals surface area contributed by atoms with Gasteiger partial charge in [0.1, 0.15) is 6.04 Å². The van der Waals surface area contributed by atoms with Gasteiger partial charge in [0.05, 0.1) is 13.2 Å². The molecule has 1 heterocycles. The molecule has 0 bridgehead atoms. The van der Waals surface area contributed by atoms with E-state index in [1.54, 1.807) is 0 Å². The Morgan fingerprint density at radius 3 is 2.44 bits per heavy atom. The van der Waals surface area contributed by atoms with Gasteiger partial charge in [-0.2, -0.15) is 0 Å². The minimum Gasteiger partial charge on any atom is -0.490 e. The molecule has 2 aromatic rings. The van der Waals surface area contributed by atoms with Crippen molar-refractivity contribution in [3.05, 3.63) is 48.0 Å². The van der Waals surface area contributed by atoms with Gasteiger partial charge >= 0.3 is 0 Å². The first-order valence-electron chi connectivity index (χ1n) is 8.71. The number of carbonyl (C=O) groups is 1. The molecule has 25 heavy (non-hydrogen) atoms. The lowest BCUT2D eigenvalue weighted by atomic mass is 10.1. The number of ether oxygens (including phenoxy) is 2. The van der Waals surface area contributed by atoms with Crippen molar-refractivity contribution in [2.45, 2.75) is 32.7 Å². The molecule has 0 aliphatic carbocycles. The van der Waals surface area contributed by atoms with Crippen LogP contribution in [0.25, 0.3) is 0 Å². The second-order valence-electron chi connectivity index (χ2n) is 6.12. The number of benzene rings is 2. The summed E-state index contributed by atoms with van der Waals surface area (Å²) in [5.74, 6) is 1.37. The van der Waals surface area contributed by atoms with Crippen LogP contribution >= 0.6 is 0 Å². The standard InChI is InChI=1S/C20H24N2O3/c1-3-15-5-7-16(8-6-15)22-20(23)14(2)21-17-9-10-18-19(13-17)25-12-4-11-24-18/h5-10,13-14,21H,3-4,11-12H2,1-2H3,(H,22,23). The molecule has 0 spiro atoms. The summed E-state index contributed by atoms with van der Waals surface area (Å²) in [4.78, 5) is 12.4. The molecule has 1 aliphatic heterocycles. The zero-order valence-electron chi connectivity index (χ0n) is 14.7. The molecule has 0 fully saturated rings. The van der Waals surface area contributed by atoms with Gasteiger partial charge in [-0.3, -0.25) is 4.79 Å². The van der Waals surface area contributed by atoms with Crippen LogP contribution < -0.4 is 20.1 Å². The average molecular weight is 340 g/mol. The van der Waals surface area contributed by atoms with E-state index in [1.807, 2.05) is 49.4 Å². The van der Waals surface area contributed by atoms with Crippen LogP contribution in [0.2, 0.25) is 0 Å². The summed E-state index contributed by atoms with van der Waals surface area (Å²) in [6.45, 7) is 5.24. The fourth-order valence-corrected chi connectivity index (χ4v) is 2.64. The Bertz CT molecular complexity index is 728. The Labute approximate surface area is 148 Å². The lowest BCUT2D eigenvalue weighted by Gasteiger charge is -2.17. The Kier molecular flexibility index (Phi) is 5.43. The molecule has 3 rings (SSSR count). The lowest BCUT2D eigenvalue weighted by molar-refractivity contribution is -0.116. The molecule has 1 aliphatic rings. The van der Waals surface area contributed by atoms with E-state index in [9.17, 15) is 4.79 Å². The fraction of sp³-hybridized carbons (Fsp3) is 0.350. The van der Waals surface area contributed by atoms with Crippen LogP contribution in [0.1, 0.15) is 25.8 Å². The first-order chi connectivity index (χ1) is 12.2. The van der Waals surface area contributed by atoms with Crippen molar-refractivity contribution in [2.75, 3.05) is 23.8 Å². The number of hydrogen-bond donors (Lipinski definition) is 2. The number of fused-ring (bicyclic) bond motifs is 1. The molecule has 2 aromatic carbocycles. The van der Waals surface area contributed by atoms with Gasteiger partial charge in [-0.25, -0.2) is 0 Å². The van der Waals surface area contributed by atoms with Gasteiger partial charge in [0, 0.05) is 23.9 Å². The summed E-state index contributed by atoms with van der Waals surface area (Å²) >= 11 is 0. The number of carbonyl (C=O) groups excluding carboxylic acids is 1. The van der Waals surface area contributed by atoms with Gasteiger partial charge in [0.15, 0.2) is 11.5 Å². The van der Waals surface area contributed by atoms with Crippen molar-refractivity contribution in [1.29, 1.82) is 0 Å². The Hall–Kier alpha value is -2.69. The van der Waals surface area contributed by atoms with Crippen LogP contribution in [0.4, 0.5) is 11.4 Å². The summed E-state index contributed by atoms with van der Waals surface area (Å²) in [5.41, 5.74) is 2.87. The molecule has 1 unspecified atom stereocenters. The highest BCUT2D eigenvalue weighted by atomic mass is 16.5. The van der Waals surface area contributed by atoms with Gasteiger partial charge < -0.3 is 20.1 Å². The minimum absolute atomic E-state index is 0.0867. The molecule has 5 nitrogen and oxygen atoms in total. The molecule has 0 radical (unpaired) electrons. The van der Waals surface area contributed by atoms with Crippen molar-refractivity contribution < 1.29 is 14.3 Å². The van der Waals surface area contributed by atoms with Crippen molar-refractivity contribution in [3.63, 3.8) is 0 Å². The minimum atomic E-state index is -0.379. The number of rotatable bonds is 5. The topological polar surface area (TPSA) is 59.6 Å². The van der Waals surface area contributed by atoms with E-state index in [0.717, 1.165) is 30.0 Å². The number of anilines is 2. The summed E-state index contributed by atoms with van der Waals surface area (Å²) in [6.07, 6.45) is 1.85. The number of amides is 1. The van der Waals surface area contributed by atoms with Crippen LogP contribution in [-0.4, -0.2) is 25.2 Å². The number of nitrogens with one attached hydrogen (secondary N) is 2. The normalized spacial score (nSPS) is 14.3. The van der Waals surface area contributed by atoms with Crippen molar-refractivity contribution in [3.8, 4) is 11.5 Å². The Morgan fingerprint density at radius 2 is 1.72 bits per heavy atom. The molecule has 5 heteroatoms. The third-order valence-electron chi connectivity index (χ3n) is 4.15. The van der Waals surface area contributed by atoms with E-state index < -0.39 is 0 Å². The number of aryl methyl sites for hydroxylation is 1. The third-order valence-corrected chi connectivity index (χ3v) is 4.15. The van der Waals surface area contributed by atoms with Gasteiger partial charge in [-0.15, -0.1) is 0 Å². The monoisotopic (exact) mass is 340 g/mol.